The van der Waals surface area contributed by atoms with E-state index in [1.165, 1.54) is 0 Å². The zero-order valence-electron chi connectivity index (χ0n) is 10.1. The van der Waals surface area contributed by atoms with Crippen LogP contribution in [0.5, 0.6) is 0 Å². The minimum Gasteiger partial charge on any atom is -0.359 e. The molecule has 0 atom stereocenters. The van der Waals surface area contributed by atoms with Crippen LogP contribution in [0.2, 0.25) is 0 Å². The van der Waals surface area contributed by atoms with Crippen LogP contribution >= 0.6 is 0 Å². The maximum atomic E-state index is 11.6. The lowest BCUT2D eigenvalue weighted by molar-refractivity contribution is -0.125. The van der Waals surface area contributed by atoms with Gasteiger partial charge >= 0.3 is 6.03 Å². The van der Waals surface area contributed by atoms with Crippen molar-refractivity contribution in [3.05, 3.63) is 0 Å². The van der Waals surface area contributed by atoms with Gasteiger partial charge in [0.25, 0.3) is 0 Å². The van der Waals surface area contributed by atoms with Crippen LogP contribution < -0.4 is 10.6 Å². The monoisotopic (exact) mass is 227 g/mol. The number of carbonyl (C=O) groups excluding carboxylic acids is 2. The van der Waals surface area contributed by atoms with Crippen molar-refractivity contribution < 1.29 is 9.59 Å². The Kier molecular flexibility index (Phi) is 5.08. The van der Waals surface area contributed by atoms with Gasteiger partial charge in [-0.2, -0.15) is 0 Å². The quantitative estimate of drug-likeness (QED) is 0.740. The molecule has 0 aromatic heterocycles. The summed E-state index contributed by atoms with van der Waals surface area (Å²) >= 11 is 0. The molecule has 1 heterocycles. The molecule has 0 radical (unpaired) electrons. The number of carbonyl (C=O) groups is 2. The van der Waals surface area contributed by atoms with E-state index in [2.05, 4.69) is 10.6 Å². The Balaban J connectivity index is 2.31. The predicted molar refractivity (Wildman–Crippen MR) is 62.1 cm³/mol. The van der Waals surface area contributed by atoms with Crippen molar-refractivity contribution in [3.8, 4) is 0 Å². The molecule has 0 unspecified atom stereocenters. The summed E-state index contributed by atoms with van der Waals surface area (Å²) in [7, 11) is 1.66. The van der Waals surface area contributed by atoms with Gasteiger partial charge < -0.3 is 15.5 Å². The summed E-state index contributed by atoms with van der Waals surface area (Å²) < 4.78 is 0. The number of piperidine rings is 1. The number of nitrogens with one attached hydrogen (secondary N) is 2. The van der Waals surface area contributed by atoms with E-state index in [1.54, 1.807) is 11.9 Å². The number of urea groups is 1. The van der Waals surface area contributed by atoms with Crippen LogP contribution in [-0.4, -0.2) is 43.5 Å². The van der Waals surface area contributed by atoms with Gasteiger partial charge in [0.15, 0.2) is 0 Å². The first kappa shape index (κ1) is 12.8. The number of hydrogen-bond donors (Lipinski definition) is 2. The summed E-state index contributed by atoms with van der Waals surface area (Å²) in [5.74, 6) is 0.161. The average molecular weight is 227 g/mol. The Morgan fingerprint density at radius 2 is 1.94 bits per heavy atom. The standard InChI is InChI=1S/C11H21N3O2/c1-3-6-13-11(16)14-7-4-9(5-8-14)10(15)12-2/h9H,3-8H2,1-2H3,(H,12,15)(H,13,16). The zero-order chi connectivity index (χ0) is 12.0. The van der Waals surface area contributed by atoms with Crippen molar-refractivity contribution in [2.24, 2.45) is 5.92 Å². The Morgan fingerprint density at radius 3 is 2.44 bits per heavy atom. The molecule has 0 aromatic rings. The third-order valence-electron chi connectivity index (χ3n) is 2.93. The first-order valence-corrected chi connectivity index (χ1v) is 5.93. The number of rotatable bonds is 3. The molecule has 1 aliphatic heterocycles. The predicted octanol–water partition coefficient (Wildman–Crippen LogP) is 0.564. The zero-order valence-corrected chi connectivity index (χ0v) is 10.1. The number of hydrogen-bond acceptors (Lipinski definition) is 2. The summed E-state index contributed by atoms with van der Waals surface area (Å²) in [5.41, 5.74) is 0. The second kappa shape index (κ2) is 6.35. The minimum atomic E-state index is -0.00259. The van der Waals surface area contributed by atoms with Crippen LogP contribution in [0, 0.1) is 5.92 Å². The normalized spacial score (nSPS) is 17.0. The molecule has 1 saturated heterocycles. The molecular weight excluding hydrogens is 206 g/mol. The molecule has 0 saturated carbocycles. The largest absolute Gasteiger partial charge is 0.359 e. The number of likely N-dealkylation sites (tertiary alicyclic amines) is 1. The Morgan fingerprint density at radius 1 is 1.31 bits per heavy atom. The van der Waals surface area contributed by atoms with E-state index in [-0.39, 0.29) is 17.9 Å². The molecule has 5 nitrogen and oxygen atoms in total. The van der Waals surface area contributed by atoms with Gasteiger partial charge in [0.2, 0.25) is 5.91 Å². The van der Waals surface area contributed by atoms with Gasteiger partial charge in [-0.05, 0) is 19.3 Å². The number of nitrogens with zero attached hydrogens (tertiary/aromatic N) is 1. The second-order valence-electron chi connectivity index (χ2n) is 4.11. The molecule has 3 amide bonds. The van der Waals surface area contributed by atoms with Crippen LogP contribution in [0.25, 0.3) is 0 Å². The number of amides is 3. The Bertz CT molecular complexity index is 248. The second-order valence-corrected chi connectivity index (χ2v) is 4.11. The molecular formula is C11H21N3O2. The highest BCUT2D eigenvalue weighted by Crippen LogP contribution is 2.16. The van der Waals surface area contributed by atoms with Crippen molar-refractivity contribution in [3.63, 3.8) is 0 Å². The minimum absolute atomic E-state index is 0.00259. The summed E-state index contributed by atoms with van der Waals surface area (Å²) in [6.45, 7) is 4.09. The lowest BCUT2D eigenvalue weighted by atomic mass is 9.96. The van der Waals surface area contributed by atoms with E-state index in [9.17, 15) is 9.59 Å². The topological polar surface area (TPSA) is 61.4 Å². The van der Waals surface area contributed by atoms with Crippen LogP contribution in [-0.2, 0) is 4.79 Å². The van der Waals surface area contributed by atoms with E-state index in [1.807, 2.05) is 6.92 Å². The van der Waals surface area contributed by atoms with Gasteiger partial charge in [0.05, 0.1) is 0 Å². The third-order valence-corrected chi connectivity index (χ3v) is 2.93. The molecule has 5 heteroatoms. The molecule has 0 spiro atoms. The summed E-state index contributed by atoms with van der Waals surface area (Å²) in [4.78, 5) is 24.8. The SMILES string of the molecule is CCCNC(=O)N1CCC(C(=O)NC)CC1. The summed E-state index contributed by atoms with van der Waals surface area (Å²) in [6.07, 6.45) is 2.47. The lowest BCUT2D eigenvalue weighted by Crippen LogP contribution is -2.46. The summed E-state index contributed by atoms with van der Waals surface area (Å²) in [6, 6.07) is -0.00259. The molecule has 16 heavy (non-hydrogen) atoms. The van der Waals surface area contributed by atoms with E-state index < -0.39 is 0 Å². The van der Waals surface area contributed by atoms with Gasteiger partial charge in [-0.15, -0.1) is 0 Å². The molecule has 0 aromatic carbocycles. The van der Waals surface area contributed by atoms with Gasteiger partial charge in [-0.3, -0.25) is 4.79 Å². The van der Waals surface area contributed by atoms with Crippen LogP contribution in [0.1, 0.15) is 26.2 Å². The van der Waals surface area contributed by atoms with Crippen molar-refractivity contribution in [2.45, 2.75) is 26.2 Å². The fourth-order valence-electron chi connectivity index (χ4n) is 1.89. The van der Waals surface area contributed by atoms with Crippen LogP contribution in [0.3, 0.4) is 0 Å². The van der Waals surface area contributed by atoms with Crippen molar-refractivity contribution >= 4 is 11.9 Å². The highest BCUT2D eigenvalue weighted by molar-refractivity contribution is 5.79. The van der Waals surface area contributed by atoms with E-state index in [4.69, 9.17) is 0 Å². The molecule has 0 bridgehead atoms. The van der Waals surface area contributed by atoms with Gasteiger partial charge in [0.1, 0.15) is 0 Å². The summed E-state index contributed by atoms with van der Waals surface area (Å²) in [5, 5.41) is 5.50. The first-order chi connectivity index (χ1) is 7.69. The maximum Gasteiger partial charge on any atom is 0.317 e. The Labute approximate surface area is 96.6 Å². The van der Waals surface area contributed by atoms with Gasteiger partial charge in [0, 0.05) is 32.6 Å². The highest BCUT2D eigenvalue weighted by Gasteiger charge is 2.26. The smallest absolute Gasteiger partial charge is 0.317 e. The van der Waals surface area contributed by atoms with Crippen LogP contribution in [0.15, 0.2) is 0 Å². The van der Waals surface area contributed by atoms with Crippen molar-refractivity contribution in [1.82, 2.24) is 15.5 Å². The molecule has 92 valence electrons. The van der Waals surface area contributed by atoms with Crippen molar-refractivity contribution in [2.75, 3.05) is 26.7 Å². The molecule has 1 fully saturated rings. The molecule has 1 rings (SSSR count). The molecule has 1 aliphatic rings. The highest BCUT2D eigenvalue weighted by atomic mass is 16.2. The third kappa shape index (κ3) is 3.40. The average Bonchev–Trinajstić information content (AvgIpc) is 2.35. The van der Waals surface area contributed by atoms with Gasteiger partial charge in [-0.25, -0.2) is 4.79 Å². The Hall–Kier alpha value is -1.26. The van der Waals surface area contributed by atoms with Gasteiger partial charge in [-0.1, -0.05) is 6.92 Å². The molecule has 0 aliphatic carbocycles. The maximum absolute atomic E-state index is 11.6. The van der Waals surface area contributed by atoms with E-state index in [0.717, 1.165) is 19.3 Å². The van der Waals surface area contributed by atoms with Crippen LogP contribution in [0.4, 0.5) is 4.79 Å². The van der Waals surface area contributed by atoms with E-state index in [0.29, 0.717) is 19.6 Å². The lowest BCUT2D eigenvalue weighted by Gasteiger charge is -2.31. The van der Waals surface area contributed by atoms with E-state index >= 15 is 0 Å². The first-order valence-electron chi connectivity index (χ1n) is 5.93. The fourth-order valence-corrected chi connectivity index (χ4v) is 1.89. The molecule has 2 N–H and O–H groups in total. The fraction of sp³-hybridized carbons (Fsp3) is 0.818. The van der Waals surface area contributed by atoms with Crippen molar-refractivity contribution in [1.29, 1.82) is 0 Å².